The number of hydrogen-bond acceptors (Lipinski definition) is 5. The number of amides is 1. The maximum atomic E-state index is 13.2. The lowest BCUT2D eigenvalue weighted by Crippen LogP contribution is -2.36. The van der Waals surface area contributed by atoms with Gasteiger partial charge in [0.15, 0.2) is 5.65 Å². The summed E-state index contributed by atoms with van der Waals surface area (Å²) < 4.78 is 15.6. The van der Waals surface area contributed by atoms with Crippen LogP contribution in [-0.2, 0) is 17.8 Å². The largest absolute Gasteiger partial charge is 0.310 e. The Bertz CT molecular complexity index is 1290. The topological polar surface area (TPSA) is 85.9 Å². The monoisotopic (exact) mass is 390 g/mol. The molecule has 0 N–H and O–H groups in total. The molecule has 144 valence electrons. The summed E-state index contributed by atoms with van der Waals surface area (Å²) in [6, 6.07) is 13.4. The fourth-order valence-electron chi connectivity index (χ4n) is 3.55. The molecule has 0 spiro atoms. The third-order valence-corrected chi connectivity index (χ3v) is 5.00. The molecule has 1 aliphatic rings. The first-order valence-corrected chi connectivity index (χ1v) is 9.07. The van der Waals surface area contributed by atoms with Crippen molar-refractivity contribution in [2.45, 2.75) is 13.0 Å². The number of rotatable bonds is 3. The SMILES string of the molecule is O=C(Cn1nnc2c(cnn2-c2ccc(F)cc2)c1=O)N1CCc2ccccc21. The van der Waals surface area contributed by atoms with Crippen molar-refractivity contribution in [1.29, 1.82) is 0 Å². The predicted molar refractivity (Wildman–Crippen MR) is 103 cm³/mol. The average molecular weight is 390 g/mol. The molecule has 1 aliphatic heterocycles. The quantitative estimate of drug-likeness (QED) is 0.532. The second-order valence-corrected chi connectivity index (χ2v) is 6.75. The van der Waals surface area contributed by atoms with Gasteiger partial charge in [0.25, 0.3) is 5.56 Å². The molecule has 4 aromatic rings. The van der Waals surface area contributed by atoms with E-state index in [9.17, 15) is 14.0 Å². The number of anilines is 1. The molecule has 0 bridgehead atoms. The Hall–Kier alpha value is -3.88. The number of para-hydroxylation sites is 1. The van der Waals surface area contributed by atoms with Gasteiger partial charge in [0, 0.05) is 12.2 Å². The van der Waals surface area contributed by atoms with Crippen LogP contribution >= 0.6 is 0 Å². The van der Waals surface area contributed by atoms with Crippen LogP contribution in [0.3, 0.4) is 0 Å². The van der Waals surface area contributed by atoms with Crippen molar-refractivity contribution in [3.05, 3.63) is 76.5 Å². The van der Waals surface area contributed by atoms with Crippen molar-refractivity contribution in [1.82, 2.24) is 24.8 Å². The summed E-state index contributed by atoms with van der Waals surface area (Å²) >= 11 is 0. The first-order valence-electron chi connectivity index (χ1n) is 9.07. The van der Waals surface area contributed by atoms with Crippen LogP contribution in [0.15, 0.2) is 59.5 Å². The van der Waals surface area contributed by atoms with Gasteiger partial charge in [0.05, 0.1) is 11.9 Å². The van der Waals surface area contributed by atoms with E-state index in [1.807, 2.05) is 24.3 Å². The number of carbonyl (C=O) groups is 1. The minimum Gasteiger partial charge on any atom is -0.310 e. The van der Waals surface area contributed by atoms with Crippen LogP contribution in [0, 0.1) is 5.82 Å². The molecule has 0 saturated heterocycles. The number of carbonyl (C=O) groups excluding carboxylic acids is 1. The summed E-state index contributed by atoms with van der Waals surface area (Å²) in [4.78, 5) is 27.2. The predicted octanol–water partition coefficient (Wildman–Crippen LogP) is 1.71. The van der Waals surface area contributed by atoms with E-state index in [0.29, 0.717) is 12.2 Å². The molecule has 29 heavy (non-hydrogen) atoms. The van der Waals surface area contributed by atoms with Gasteiger partial charge in [-0.2, -0.15) is 5.10 Å². The van der Waals surface area contributed by atoms with Crippen LogP contribution in [0.4, 0.5) is 10.1 Å². The number of benzene rings is 2. The second-order valence-electron chi connectivity index (χ2n) is 6.75. The highest BCUT2D eigenvalue weighted by atomic mass is 19.1. The Morgan fingerprint density at radius 2 is 1.90 bits per heavy atom. The molecule has 3 heterocycles. The van der Waals surface area contributed by atoms with E-state index in [-0.39, 0.29) is 29.3 Å². The van der Waals surface area contributed by atoms with Crippen molar-refractivity contribution in [2.24, 2.45) is 0 Å². The molecule has 0 aliphatic carbocycles. The summed E-state index contributed by atoms with van der Waals surface area (Å²) in [5, 5.41) is 12.4. The summed E-state index contributed by atoms with van der Waals surface area (Å²) in [6.45, 7) is 0.364. The first-order chi connectivity index (χ1) is 14.1. The standard InChI is InChI=1S/C20H15FN6O2/c21-14-5-7-15(8-6-14)27-19-16(11-22-27)20(29)26(24-23-19)12-18(28)25-10-9-13-3-1-2-4-17(13)25/h1-8,11H,9-10,12H2. The number of nitrogens with zero attached hydrogens (tertiary/aromatic N) is 6. The first kappa shape index (κ1) is 17.2. The van der Waals surface area contributed by atoms with Crippen LogP contribution in [0.2, 0.25) is 0 Å². The van der Waals surface area contributed by atoms with Crippen LogP contribution in [0.25, 0.3) is 16.7 Å². The zero-order valence-corrected chi connectivity index (χ0v) is 15.2. The minimum atomic E-state index is -0.454. The summed E-state index contributed by atoms with van der Waals surface area (Å²) in [5.41, 5.74) is 2.32. The molecule has 0 fully saturated rings. The maximum Gasteiger partial charge on any atom is 0.281 e. The zero-order valence-electron chi connectivity index (χ0n) is 15.2. The Balaban J connectivity index is 1.46. The van der Waals surface area contributed by atoms with E-state index in [4.69, 9.17) is 0 Å². The van der Waals surface area contributed by atoms with Crippen molar-refractivity contribution in [3.8, 4) is 5.69 Å². The average Bonchev–Trinajstić information content (AvgIpc) is 3.35. The Labute approximate surface area is 163 Å². The Morgan fingerprint density at radius 3 is 2.72 bits per heavy atom. The van der Waals surface area contributed by atoms with Gasteiger partial charge in [0.1, 0.15) is 17.7 Å². The van der Waals surface area contributed by atoms with E-state index < -0.39 is 5.56 Å². The van der Waals surface area contributed by atoms with Crippen molar-refractivity contribution in [2.75, 3.05) is 11.4 Å². The zero-order chi connectivity index (χ0) is 20.0. The summed E-state index contributed by atoms with van der Waals surface area (Å²) in [7, 11) is 0. The van der Waals surface area contributed by atoms with Crippen LogP contribution in [0.5, 0.6) is 0 Å². The van der Waals surface area contributed by atoms with Crippen molar-refractivity contribution in [3.63, 3.8) is 0 Å². The molecule has 0 atom stereocenters. The van der Waals surface area contributed by atoms with Crippen LogP contribution < -0.4 is 10.5 Å². The third-order valence-electron chi connectivity index (χ3n) is 5.00. The molecule has 5 rings (SSSR count). The second kappa shape index (κ2) is 6.62. The van der Waals surface area contributed by atoms with Gasteiger partial charge in [-0.1, -0.05) is 23.4 Å². The smallest absolute Gasteiger partial charge is 0.281 e. The van der Waals surface area contributed by atoms with Crippen LogP contribution in [0.1, 0.15) is 5.56 Å². The lowest BCUT2D eigenvalue weighted by atomic mass is 10.2. The summed E-state index contributed by atoms with van der Waals surface area (Å²) in [6.07, 6.45) is 2.16. The van der Waals surface area contributed by atoms with Gasteiger partial charge in [-0.05, 0) is 42.3 Å². The van der Waals surface area contributed by atoms with E-state index in [1.165, 1.54) is 35.1 Å². The summed E-state index contributed by atoms with van der Waals surface area (Å²) in [5.74, 6) is -0.600. The number of fused-ring (bicyclic) bond motifs is 2. The normalized spacial score (nSPS) is 13.1. The molecule has 1 amide bonds. The maximum absolute atomic E-state index is 13.2. The third kappa shape index (κ3) is 2.87. The van der Waals surface area contributed by atoms with Crippen molar-refractivity contribution < 1.29 is 9.18 Å². The highest BCUT2D eigenvalue weighted by molar-refractivity contribution is 5.95. The lowest BCUT2D eigenvalue weighted by molar-refractivity contribution is -0.119. The van der Waals surface area contributed by atoms with Gasteiger partial charge in [-0.25, -0.2) is 13.8 Å². The molecule has 2 aromatic heterocycles. The van der Waals surface area contributed by atoms with Gasteiger partial charge in [-0.3, -0.25) is 9.59 Å². The molecular weight excluding hydrogens is 375 g/mol. The Kier molecular flexibility index (Phi) is 3.94. The molecule has 8 nitrogen and oxygen atoms in total. The molecule has 0 radical (unpaired) electrons. The highest BCUT2D eigenvalue weighted by Gasteiger charge is 2.25. The molecule has 0 saturated carbocycles. The van der Waals surface area contributed by atoms with Gasteiger partial charge in [0.2, 0.25) is 5.91 Å². The van der Waals surface area contributed by atoms with Gasteiger partial charge in [-0.15, -0.1) is 5.10 Å². The van der Waals surface area contributed by atoms with Gasteiger partial charge >= 0.3 is 0 Å². The minimum absolute atomic E-state index is 0.210. The molecule has 9 heteroatoms. The van der Waals surface area contributed by atoms with E-state index in [2.05, 4.69) is 15.4 Å². The van der Waals surface area contributed by atoms with Gasteiger partial charge < -0.3 is 4.90 Å². The van der Waals surface area contributed by atoms with Crippen LogP contribution in [-0.4, -0.2) is 37.2 Å². The van der Waals surface area contributed by atoms with E-state index in [0.717, 1.165) is 22.4 Å². The fourth-order valence-corrected chi connectivity index (χ4v) is 3.55. The Morgan fingerprint density at radius 1 is 1.10 bits per heavy atom. The highest BCUT2D eigenvalue weighted by Crippen LogP contribution is 2.27. The number of halogens is 1. The fraction of sp³-hybridized carbons (Fsp3) is 0.150. The molecular formula is C20H15FN6O2. The van der Waals surface area contributed by atoms with E-state index >= 15 is 0 Å². The lowest BCUT2D eigenvalue weighted by Gasteiger charge is -2.17. The number of aromatic nitrogens is 5. The van der Waals surface area contributed by atoms with Crippen molar-refractivity contribution >= 4 is 22.6 Å². The number of hydrogen-bond donors (Lipinski definition) is 0. The van der Waals surface area contributed by atoms with E-state index in [1.54, 1.807) is 4.90 Å². The molecule has 0 unspecified atom stereocenters. The molecule has 2 aromatic carbocycles.